The van der Waals surface area contributed by atoms with Crippen molar-refractivity contribution >= 4 is 52.9 Å². The molecule has 1 unspecified atom stereocenters. The molecule has 10 heteroatoms. The van der Waals surface area contributed by atoms with Crippen LogP contribution in [0.2, 0.25) is 0 Å². The molecular weight excluding hydrogens is 530 g/mol. The van der Waals surface area contributed by atoms with Crippen LogP contribution in [0.25, 0.3) is 6.08 Å². The molecule has 1 aromatic heterocycles. The number of thioether (sulfide) groups is 1. The Hall–Kier alpha value is -5.09. The van der Waals surface area contributed by atoms with Gasteiger partial charge >= 0.3 is 5.97 Å². The van der Waals surface area contributed by atoms with Gasteiger partial charge in [0.2, 0.25) is 5.91 Å². The van der Waals surface area contributed by atoms with Gasteiger partial charge in [0, 0.05) is 27.9 Å². The Labute approximate surface area is 234 Å². The predicted octanol–water partition coefficient (Wildman–Crippen LogP) is 5.51. The molecule has 9 nitrogen and oxygen atoms in total. The molecule has 202 valence electrons. The standard InChI is InChI=1S/C30H25N3O6S/c1-19(27(34)31-22-11-9-21(10-12-22)30(37)38)40-25-15-13-23(14-16-25)32-29(36)26(18-24-8-5-17-39-24)33-28(35)20-6-3-2-4-7-20/h2-19H,1H3,(H,31,34)(H,32,36)(H,33,35)(H,37,38)/b26-18-. The van der Waals surface area contributed by atoms with E-state index in [0.717, 1.165) is 4.90 Å². The highest BCUT2D eigenvalue weighted by Crippen LogP contribution is 2.26. The SMILES string of the molecule is CC(Sc1ccc(NC(=O)/C(=C/c2ccco2)NC(=O)c2ccccc2)cc1)C(=O)Nc1ccc(C(=O)O)cc1. The van der Waals surface area contributed by atoms with E-state index < -0.39 is 23.0 Å². The molecule has 3 aromatic carbocycles. The lowest BCUT2D eigenvalue weighted by Gasteiger charge is -2.13. The molecule has 4 aromatic rings. The van der Waals surface area contributed by atoms with E-state index in [-0.39, 0.29) is 17.2 Å². The van der Waals surface area contributed by atoms with Crippen molar-refractivity contribution in [3.8, 4) is 0 Å². The molecule has 0 spiro atoms. The molecule has 4 rings (SSSR count). The van der Waals surface area contributed by atoms with Crippen LogP contribution in [0.3, 0.4) is 0 Å². The van der Waals surface area contributed by atoms with E-state index in [9.17, 15) is 19.2 Å². The number of anilines is 2. The summed E-state index contributed by atoms with van der Waals surface area (Å²) in [5, 5.41) is 16.7. The van der Waals surface area contributed by atoms with Crippen LogP contribution in [0, 0.1) is 0 Å². The number of hydrogen-bond donors (Lipinski definition) is 4. The molecule has 3 amide bonds. The number of carbonyl (C=O) groups excluding carboxylic acids is 3. The lowest BCUT2D eigenvalue weighted by atomic mass is 10.2. The highest BCUT2D eigenvalue weighted by Gasteiger charge is 2.17. The summed E-state index contributed by atoms with van der Waals surface area (Å²) in [5.41, 5.74) is 1.53. The summed E-state index contributed by atoms with van der Waals surface area (Å²) < 4.78 is 5.31. The molecule has 4 N–H and O–H groups in total. The van der Waals surface area contributed by atoms with E-state index in [0.29, 0.717) is 22.7 Å². The second-order valence-electron chi connectivity index (χ2n) is 8.50. The number of carboxylic acid groups (broad SMARTS) is 1. The second-order valence-corrected chi connectivity index (χ2v) is 9.92. The maximum Gasteiger partial charge on any atom is 0.335 e. The summed E-state index contributed by atoms with van der Waals surface area (Å²) in [4.78, 5) is 50.1. The van der Waals surface area contributed by atoms with Crippen molar-refractivity contribution in [3.63, 3.8) is 0 Å². The molecule has 0 aliphatic rings. The third-order valence-corrected chi connectivity index (χ3v) is 6.66. The van der Waals surface area contributed by atoms with Crippen molar-refractivity contribution < 1.29 is 28.7 Å². The van der Waals surface area contributed by atoms with Gasteiger partial charge in [-0.3, -0.25) is 14.4 Å². The Morgan fingerprint density at radius 2 is 1.45 bits per heavy atom. The maximum absolute atomic E-state index is 13.1. The minimum Gasteiger partial charge on any atom is -0.478 e. The van der Waals surface area contributed by atoms with Gasteiger partial charge in [-0.2, -0.15) is 0 Å². The Balaban J connectivity index is 1.37. The lowest BCUT2D eigenvalue weighted by Crippen LogP contribution is -2.30. The molecule has 0 bridgehead atoms. The van der Waals surface area contributed by atoms with Crippen LogP contribution in [0.4, 0.5) is 11.4 Å². The van der Waals surface area contributed by atoms with E-state index in [1.165, 1.54) is 48.4 Å². The van der Waals surface area contributed by atoms with Crippen LogP contribution in [0.5, 0.6) is 0 Å². The first-order valence-corrected chi connectivity index (χ1v) is 13.0. The van der Waals surface area contributed by atoms with Gasteiger partial charge in [-0.25, -0.2) is 4.79 Å². The zero-order chi connectivity index (χ0) is 28.5. The van der Waals surface area contributed by atoms with Gasteiger partial charge in [-0.05, 0) is 79.7 Å². The number of benzene rings is 3. The van der Waals surface area contributed by atoms with Gasteiger partial charge in [-0.15, -0.1) is 11.8 Å². The number of furan rings is 1. The van der Waals surface area contributed by atoms with Gasteiger partial charge in [0.25, 0.3) is 11.8 Å². The number of rotatable bonds is 10. The second kappa shape index (κ2) is 13.1. The van der Waals surface area contributed by atoms with E-state index in [4.69, 9.17) is 9.52 Å². The summed E-state index contributed by atoms with van der Waals surface area (Å²) in [6, 6.07) is 24.7. The van der Waals surface area contributed by atoms with Crippen molar-refractivity contribution in [2.24, 2.45) is 0 Å². The molecule has 0 saturated heterocycles. The highest BCUT2D eigenvalue weighted by atomic mass is 32.2. The zero-order valence-electron chi connectivity index (χ0n) is 21.3. The van der Waals surface area contributed by atoms with E-state index in [1.807, 2.05) is 0 Å². The number of amides is 3. The molecule has 0 aliphatic heterocycles. The molecular formula is C30H25N3O6S. The van der Waals surface area contributed by atoms with Gasteiger partial charge in [0.05, 0.1) is 17.1 Å². The minimum absolute atomic E-state index is 0.00364. The van der Waals surface area contributed by atoms with Crippen LogP contribution >= 0.6 is 11.8 Å². The molecule has 0 aliphatic carbocycles. The number of nitrogens with one attached hydrogen (secondary N) is 3. The number of hydrogen-bond acceptors (Lipinski definition) is 6. The quantitative estimate of drug-likeness (QED) is 0.150. The van der Waals surface area contributed by atoms with E-state index in [2.05, 4.69) is 16.0 Å². The molecule has 1 atom stereocenters. The van der Waals surface area contributed by atoms with Crippen molar-refractivity contribution in [1.82, 2.24) is 5.32 Å². The van der Waals surface area contributed by atoms with Crippen LogP contribution in [-0.2, 0) is 9.59 Å². The fourth-order valence-corrected chi connectivity index (χ4v) is 4.34. The fourth-order valence-electron chi connectivity index (χ4n) is 3.47. The van der Waals surface area contributed by atoms with Crippen LogP contribution in [0.15, 0.2) is 112 Å². The first-order valence-electron chi connectivity index (χ1n) is 12.1. The van der Waals surface area contributed by atoms with Gasteiger partial charge in [0.1, 0.15) is 11.5 Å². The molecule has 0 saturated carbocycles. The smallest absolute Gasteiger partial charge is 0.335 e. The summed E-state index contributed by atoms with van der Waals surface area (Å²) in [7, 11) is 0. The largest absolute Gasteiger partial charge is 0.478 e. The van der Waals surface area contributed by atoms with Crippen molar-refractivity contribution in [3.05, 3.63) is 120 Å². The molecule has 1 heterocycles. The Morgan fingerprint density at radius 1 is 0.800 bits per heavy atom. The third-order valence-electron chi connectivity index (χ3n) is 5.55. The summed E-state index contributed by atoms with van der Waals surface area (Å²) in [6.07, 6.45) is 2.91. The number of aromatic carboxylic acids is 1. The van der Waals surface area contributed by atoms with Crippen molar-refractivity contribution in [2.45, 2.75) is 17.1 Å². The van der Waals surface area contributed by atoms with Crippen molar-refractivity contribution in [1.29, 1.82) is 0 Å². The Bertz CT molecular complexity index is 1520. The summed E-state index contributed by atoms with van der Waals surface area (Å²) in [6.45, 7) is 1.75. The normalized spacial score (nSPS) is 11.8. The molecule has 0 radical (unpaired) electrons. The average Bonchev–Trinajstić information content (AvgIpc) is 3.47. The molecule has 0 fully saturated rings. The number of carboxylic acids is 1. The zero-order valence-corrected chi connectivity index (χ0v) is 22.1. The maximum atomic E-state index is 13.1. The van der Waals surface area contributed by atoms with Gasteiger partial charge < -0.3 is 25.5 Å². The first kappa shape index (κ1) is 27.9. The van der Waals surface area contributed by atoms with Crippen LogP contribution < -0.4 is 16.0 Å². The third kappa shape index (κ3) is 7.71. The van der Waals surface area contributed by atoms with Gasteiger partial charge in [0.15, 0.2) is 0 Å². The predicted molar refractivity (Wildman–Crippen MR) is 153 cm³/mol. The van der Waals surface area contributed by atoms with Crippen LogP contribution in [-0.4, -0.2) is 34.0 Å². The monoisotopic (exact) mass is 555 g/mol. The van der Waals surface area contributed by atoms with E-state index in [1.54, 1.807) is 73.7 Å². The summed E-state index contributed by atoms with van der Waals surface area (Å²) >= 11 is 1.32. The number of carbonyl (C=O) groups is 4. The first-order chi connectivity index (χ1) is 19.3. The fraction of sp³-hybridized carbons (Fsp3) is 0.0667. The van der Waals surface area contributed by atoms with Crippen LogP contribution in [0.1, 0.15) is 33.4 Å². The van der Waals surface area contributed by atoms with Crippen molar-refractivity contribution in [2.75, 3.05) is 10.6 Å². The summed E-state index contributed by atoms with van der Waals surface area (Å²) in [5.74, 6) is -1.86. The average molecular weight is 556 g/mol. The van der Waals surface area contributed by atoms with E-state index >= 15 is 0 Å². The van der Waals surface area contributed by atoms with Gasteiger partial charge in [-0.1, -0.05) is 18.2 Å². The minimum atomic E-state index is -1.04. The topological polar surface area (TPSA) is 138 Å². The lowest BCUT2D eigenvalue weighted by molar-refractivity contribution is -0.115. The highest BCUT2D eigenvalue weighted by molar-refractivity contribution is 8.00. The Kier molecular flexibility index (Phi) is 9.16. The molecule has 40 heavy (non-hydrogen) atoms. The Morgan fingerprint density at radius 3 is 2.08 bits per heavy atom.